The lowest BCUT2D eigenvalue weighted by Crippen LogP contribution is -2.12. The maximum absolute atomic E-state index is 11.9. The summed E-state index contributed by atoms with van der Waals surface area (Å²) in [7, 11) is 2.90. The van der Waals surface area contributed by atoms with Crippen molar-refractivity contribution in [2.75, 3.05) is 27.4 Å². The molecule has 2 aromatic carbocycles. The quantitative estimate of drug-likeness (QED) is 0.124. The number of ether oxygens (including phenoxy) is 5. The fraction of sp³-hybridized carbons (Fsp3) is 0.250. The zero-order valence-electron chi connectivity index (χ0n) is 18.9. The number of phenols is 1. The van der Waals surface area contributed by atoms with Crippen molar-refractivity contribution in [1.29, 1.82) is 0 Å². The van der Waals surface area contributed by atoms with Gasteiger partial charge in [0.15, 0.2) is 23.0 Å². The zero-order chi connectivity index (χ0) is 24.8. The third-order valence-corrected chi connectivity index (χ3v) is 4.23. The zero-order valence-corrected chi connectivity index (χ0v) is 18.9. The van der Waals surface area contributed by atoms with Crippen molar-refractivity contribution in [3.05, 3.63) is 60.2 Å². The molecule has 2 aromatic rings. The summed E-state index contributed by atoms with van der Waals surface area (Å²) in [6.45, 7) is 3.63. The SMILES string of the molecule is C=CC(=O)OCCCCOC(=O)Oc1ccc(/C=N/N=C/c2ccc(O)c(OC)c2)cc1OC. The molecular formula is C24H26N2O8. The first-order chi connectivity index (χ1) is 16.5. The van der Waals surface area contributed by atoms with Crippen molar-refractivity contribution in [2.45, 2.75) is 12.8 Å². The van der Waals surface area contributed by atoms with Gasteiger partial charge in [0.2, 0.25) is 0 Å². The van der Waals surface area contributed by atoms with E-state index in [1.165, 1.54) is 32.7 Å². The van der Waals surface area contributed by atoms with E-state index in [0.29, 0.717) is 35.5 Å². The third kappa shape index (κ3) is 8.65. The van der Waals surface area contributed by atoms with Gasteiger partial charge in [-0.3, -0.25) is 0 Å². The number of nitrogens with zero attached hydrogens (tertiary/aromatic N) is 2. The Bertz CT molecular complexity index is 1050. The second-order valence-electron chi connectivity index (χ2n) is 6.61. The van der Waals surface area contributed by atoms with Crippen LogP contribution < -0.4 is 14.2 Å². The molecule has 0 bridgehead atoms. The largest absolute Gasteiger partial charge is 0.513 e. The van der Waals surface area contributed by atoms with Gasteiger partial charge in [0.1, 0.15) is 0 Å². The summed E-state index contributed by atoms with van der Waals surface area (Å²) in [6, 6.07) is 9.63. The van der Waals surface area contributed by atoms with Gasteiger partial charge < -0.3 is 28.8 Å². The summed E-state index contributed by atoms with van der Waals surface area (Å²) in [4.78, 5) is 22.8. The second kappa shape index (κ2) is 13.9. The van der Waals surface area contributed by atoms with Crippen LogP contribution in [0.15, 0.2) is 59.3 Å². The molecule has 0 spiro atoms. The van der Waals surface area contributed by atoms with Gasteiger partial charge in [-0.15, -0.1) is 0 Å². The molecule has 0 saturated carbocycles. The lowest BCUT2D eigenvalue weighted by molar-refractivity contribution is -0.137. The first-order valence-corrected chi connectivity index (χ1v) is 10.2. The topological polar surface area (TPSA) is 125 Å². The number of carbonyl (C=O) groups excluding carboxylic acids is 2. The van der Waals surface area contributed by atoms with E-state index in [0.717, 1.165) is 6.08 Å². The van der Waals surface area contributed by atoms with Gasteiger partial charge >= 0.3 is 12.1 Å². The highest BCUT2D eigenvalue weighted by molar-refractivity contribution is 5.84. The number of hydrogen-bond acceptors (Lipinski definition) is 10. The van der Waals surface area contributed by atoms with Gasteiger partial charge in [-0.05, 0) is 60.4 Å². The summed E-state index contributed by atoms with van der Waals surface area (Å²) in [6.07, 6.45) is 4.25. The number of rotatable bonds is 12. The fourth-order valence-corrected chi connectivity index (χ4v) is 2.53. The number of aromatic hydroxyl groups is 1. The first-order valence-electron chi connectivity index (χ1n) is 10.2. The number of esters is 1. The van der Waals surface area contributed by atoms with Gasteiger partial charge in [-0.1, -0.05) is 6.58 Å². The third-order valence-electron chi connectivity index (χ3n) is 4.23. The van der Waals surface area contributed by atoms with E-state index in [1.54, 1.807) is 30.3 Å². The van der Waals surface area contributed by atoms with E-state index < -0.39 is 12.1 Å². The second-order valence-corrected chi connectivity index (χ2v) is 6.61. The van der Waals surface area contributed by atoms with Crippen LogP contribution in [0.1, 0.15) is 24.0 Å². The average molecular weight is 470 g/mol. The van der Waals surface area contributed by atoms with E-state index in [1.807, 2.05) is 0 Å². The molecule has 10 nitrogen and oxygen atoms in total. The number of methoxy groups -OCH3 is 2. The Hall–Kier alpha value is -4.34. The van der Waals surface area contributed by atoms with Crippen molar-refractivity contribution >= 4 is 24.6 Å². The van der Waals surface area contributed by atoms with Crippen molar-refractivity contribution in [2.24, 2.45) is 10.2 Å². The minimum absolute atomic E-state index is 0.0352. The molecule has 0 fully saturated rings. The van der Waals surface area contributed by atoms with Crippen LogP contribution in [0.2, 0.25) is 0 Å². The van der Waals surface area contributed by atoms with E-state index in [2.05, 4.69) is 16.8 Å². The summed E-state index contributed by atoms with van der Waals surface area (Å²) < 4.78 is 25.3. The molecule has 180 valence electrons. The number of phenolic OH excluding ortho intramolecular Hbond substituents is 1. The predicted molar refractivity (Wildman–Crippen MR) is 125 cm³/mol. The Kier molecular flexibility index (Phi) is 10.6. The average Bonchev–Trinajstić information content (AvgIpc) is 2.85. The Morgan fingerprint density at radius 2 is 1.47 bits per heavy atom. The summed E-state index contributed by atoms with van der Waals surface area (Å²) >= 11 is 0. The van der Waals surface area contributed by atoms with Crippen molar-refractivity contribution in [3.8, 4) is 23.0 Å². The normalized spacial score (nSPS) is 10.8. The first kappa shape index (κ1) is 25.9. The minimum Gasteiger partial charge on any atom is -0.504 e. The van der Waals surface area contributed by atoms with E-state index in [9.17, 15) is 14.7 Å². The van der Waals surface area contributed by atoms with Crippen molar-refractivity contribution in [3.63, 3.8) is 0 Å². The molecule has 0 aromatic heterocycles. The van der Waals surface area contributed by atoms with Crippen molar-refractivity contribution < 1.29 is 38.4 Å². The maximum Gasteiger partial charge on any atom is 0.513 e. The fourth-order valence-electron chi connectivity index (χ4n) is 2.53. The molecule has 0 aliphatic carbocycles. The predicted octanol–water partition coefficient (Wildman–Crippen LogP) is 3.89. The monoisotopic (exact) mass is 470 g/mol. The Labute approximate surface area is 197 Å². The highest BCUT2D eigenvalue weighted by Gasteiger charge is 2.12. The van der Waals surface area contributed by atoms with Crippen LogP contribution in [0, 0.1) is 0 Å². The molecule has 0 radical (unpaired) electrons. The van der Waals surface area contributed by atoms with Crippen LogP contribution in [0.4, 0.5) is 4.79 Å². The molecule has 10 heteroatoms. The van der Waals surface area contributed by atoms with Crippen LogP contribution in [0.25, 0.3) is 0 Å². The van der Waals surface area contributed by atoms with Gasteiger partial charge in [0, 0.05) is 6.08 Å². The van der Waals surface area contributed by atoms with Crippen LogP contribution in [-0.2, 0) is 14.3 Å². The number of unbranched alkanes of at least 4 members (excludes halogenated alkanes) is 1. The molecule has 2 rings (SSSR count). The molecule has 0 heterocycles. The van der Waals surface area contributed by atoms with Crippen LogP contribution in [0.3, 0.4) is 0 Å². The van der Waals surface area contributed by atoms with Gasteiger partial charge in [0.05, 0.1) is 39.9 Å². The maximum atomic E-state index is 11.9. The number of carbonyl (C=O) groups is 2. The molecule has 0 atom stereocenters. The summed E-state index contributed by atoms with van der Waals surface area (Å²) in [5, 5.41) is 17.6. The van der Waals surface area contributed by atoms with Gasteiger partial charge in [0.25, 0.3) is 0 Å². The minimum atomic E-state index is -0.878. The van der Waals surface area contributed by atoms with E-state index >= 15 is 0 Å². The summed E-state index contributed by atoms with van der Waals surface area (Å²) in [5.41, 5.74) is 1.36. The molecule has 0 amide bonds. The molecular weight excluding hydrogens is 444 g/mol. The highest BCUT2D eigenvalue weighted by Crippen LogP contribution is 2.28. The lowest BCUT2D eigenvalue weighted by atomic mass is 10.2. The van der Waals surface area contributed by atoms with Crippen molar-refractivity contribution in [1.82, 2.24) is 0 Å². The molecule has 1 N–H and O–H groups in total. The molecule has 0 aliphatic rings. The highest BCUT2D eigenvalue weighted by atomic mass is 16.7. The lowest BCUT2D eigenvalue weighted by Gasteiger charge is -2.10. The van der Waals surface area contributed by atoms with Crippen LogP contribution in [0.5, 0.6) is 23.0 Å². The number of hydrogen-bond donors (Lipinski definition) is 1. The van der Waals surface area contributed by atoms with Gasteiger partial charge in [-0.2, -0.15) is 10.2 Å². The Morgan fingerprint density at radius 3 is 2.09 bits per heavy atom. The molecule has 0 unspecified atom stereocenters. The van der Waals surface area contributed by atoms with E-state index in [4.69, 9.17) is 23.7 Å². The van der Waals surface area contributed by atoms with Gasteiger partial charge in [-0.25, -0.2) is 9.59 Å². The van der Waals surface area contributed by atoms with E-state index in [-0.39, 0.29) is 24.7 Å². The molecule has 0 saturated heterocycles. The summed E-state index contributed by atoms with van der Waals surface area (Å²) in [5.74, 6) is 0.369. The number of benzene rings is 2. The van der Waals surface area contributed by atoms with Crippen LogP contribution >= 0.6 is 0 Å². The molecule has 34 heavy (non-hydrogen) atoms. The van der Waals surface area contributed by atoms with Crippen LogP contribution in [-0.4, -0.2) is 57.1 Å². The standard InChI is InChI=1S/C24H26N2O8/c1-4-23(28)32-11-5-6-12-33-24(29)34-20-10-8-18(14-22(20)31-3)16-26-25-15-17-7-9-19(27)21(13-17)30-2/h4,7-10,13-16,27H,1,5-6,11-12H2,2-3H3/b25-15+,26-16+. The Morgan fingerprint density at radius 1 is 0.882 bits per heavy atom. The molecule has 0 aliphatic heterocycles. The Balaban J connectivity index is 1.85. The smallest absolute Gasteiger partial charge is 0.504 e.